The van der Waals surface area contributed by atoms with Crippen molar-refractivity contribution < 1.29 is 4.21 Å². The highest BCUT2D eigenvalue weighted by Gasteiger charge is 2.32. The maximum Gasteiger partial charge on any atom is 0.0914 e. The van der Waals surface area contributed by atoms with E-state index in [-0.39, 0.29) is 0 Å². The first-order valence-corrected chi connectivity index (χ1v) is 7.59. The summed E-state index contributed by atoms with van der Waals surface area (Å²) in [6, 6.07) is 4.43. The van der Waals surface area contributed by atoms with Crippen LogP contribution in [-0.4, -0.2) is 22.0 Å². The Balaban J connectivity index is 2.06. The number of hydrogen-bond donors (Lipinski definition) is 1. The molecule has 1 aliphatic carbocycles. The smallest absolute Gasteiger partial charge is 0.0914 e. The largest absolute Gasteiger partial charge is 0.313 e. The zero-order chi connectivity index (χ0) is 10.7. The van der Waals surface area contributed by atoms with Crippen molar-refractivity contribution in [1.82, 2.24) is 5.32 Å². The topological polar surface area (TPSA) is 29.1 Å². The van der Waals surface area contributed by atoms with E-state index in [0.29, 0.717) is 11.3 Å². The molecule has 1 aromatic rings. The molecule has 84 valence electrons. The van der Waals surface area contributed by atoms with Gasteiger partial charge in [0.25, 0.3) is 0 Å². The molecular formula is C11H17NOS2. The quantitative estimate of drug-likeness (QED) is 0.880. The molecule has 1 aliphatic rings. The third kappa shape index (κ3) is 2.49. The Morgan fingerprint density at radius 3 is 3.13 bits per heavy atom. The average Bonchev–Trinajstić information content (AvgIpc) is 2.87. The normalized spacial score (nSPS) is 28.1. The van der Waals surface area contributed by atoms with Gasteiger partial charge in [-0.15, -0.1) is 11.3 Å². The summed E-state index contributed by atoms with van der Waals surface area (Å²) in [5.41, 5.74) is 0. The van der Waals surface area contributed by atoms with E-state index >= 15 is 0 Å². The first-order chi connectivity index (χ1) is 7.33. The fourth-order valence-corrected chi connectivity index (χ4v) is 4.99. The molecule has 0 aromatic carbocycles. The summed E-state index contributed by atoms with van der Waals surface area (Å²) in [5.74, 6) is 0. The van der Waals surface area contributed by atoms with Gasteiger partial charge in [-0.1, -0.05) is 19.4 Å². The second-order valence-electron chi connectivity index (χ2n) is 3.86. The minimum absolute atomic E-state index is 0.323. The molecule has 1 heterocycles. The number of thiophene rings is 1. The van der Waals surface area contributed by atoms with E-state index in [1.807, 2.05) is 17.5 Å². The van der Waals surface area contributed by atoms with Crippen molar-refractivity contribution in [1.29, 1.82) is 0 Å². The molecule has 0 aliphatic heterocycles. The van der Waals surface area contributed by atoms with Crippen molar-refractivity contribution in [3.05, 3.63) is 17.5 Å². The van der Waals surface area contributed by atoms with Crippen LogP contribution in [0.2, 0.25) is 0 Å². The molecule has 2 nitrogen and oxygen atoms in total. The highest BCUT2D eigenvalue weighted by atomic mass is 32.2. The van der Waals surface area contributed by atoms with Crippen LogP contribution in [0.5, 0.6) is 0 Å². The Morgan fingerprint density at radius 2 is 2.47 bits per heavy atom. The summed E-state index contributed by atoms with van der Waals surface area (Å²) in [6.07, 6.45) is 3.48. The van der Waals surface area contributed by atoms with Crippen molar-refractivity contribution in [3.8, 4) is 0 Å². The summed E-state index contributed by atoms with van der Waals surface area (Å²) in [4.78, 5) is 0. The third-order valence-electron chi connectivity index (χ3n) is 2.89. The molecule has 0 amide bonds. The summed E-state index contributed by atoms with van der Waals surface area (Å²) < 4.78 is 13.3. The van der Waals surface area contributed by atoms with Gasteiger partial charge in [0.15, 0.2) is 0 Å². The molecule has 0 saturated heterocycles. The van der Waals surface area contributed by atoms with Gasteiger partial charge in [0.2, 0.25) is 0 Å². The van der Waals surface area contributed by atoms with Crippen LogP contribution in [0, 0.1) is 0 Å². The lowest BCUT2D eigenvalue weighted by molar-refractivity contribution is 0.541. The molecule has 2 rings (SSSR count). The highest BCUT2D eigenvalue weighted by Crippen LogP contribution is 2.29. The fourth-order valence-electron chi connectivity index (χ4n) is 2.21. The van der Waals surface area contributed by atoms with Crippen LogP contribution >= 0.6 is 11.3 Å². The predicted molar refractivity (Wildman–Crippen MR) is 65.8 cm³/mol. The molecule has 1 N–H and O–H groups in total. The first-order valence-electron chi connectivity index (χ1n) is 5.50. The van der Waals surface area contributed by atoms with Gasteiger partial charge < -0.3 is 5.32 Å². The van der Waals surface area contributed by atoms with Crippen molar-refractivity contribution >= 4 is 22.1 Å². The molecule has 1 saturated carbocycles. The van der Waals surface area contributed by atoms with Crippen LogP contribution in [0.4, 0.5) is 0 Å². The summed E-state index contributed by atoms with van der Waals surface area (Å²) >= 11 is 1.61. The lowest BCUT2D eigenvalue weighted by Gasteiger charge is -2.18. The molecule has 0 bridgehead atoms. The molecule has 15 heavy (non-hydrogen) atoms. The molecule has 3 atom stereocenters. The predicted octanol–water partition coefficient (Wildman–Crippen LogP) is 2.39. The van der Waals surface area contributed by atoms with E-state index in [2.05, 4.69) is 12.2 Å². The van der Waals surface area contributed by atoms with Crippen LogP contribution in [0.15, 0.2) is 21.7 Å². The van der Waals surface area contributed by atoms with Crippen LogP contribution in [-0.2, 0) is 10.8 Å². The Morgan fingerprint density at radius 1 is 1.60 bits per heavy atom. The Hall–Kier alpha value is -0.190. The minimum atomic E-state index is -0.803. The Labute approximate surface area is 97.5 Å². The summed E-state index contributed by atoms with van der Waals surface area (Å²) in [6.45, 7) is 3.09. The van der Waals surface area contributed by atoms with E-state index in [1.54, 1.807) is 11.3 Å². The second-order valence-corrected chi connectivity index (χ2v) is 6.71. The lowest BCUT2D eigenvalue weighted by Crippen LogP contribution is -2.37. The summed E-state index contributed by atoms with van der Waals surface area (Å²) in [7, 11) is -0.803. The maximum atomic E-state index is 12.3. The van der Waals surface area contributed by atoms with Crippen molar-refractivity contribution in [2.24, 2.45) is 0 Å². The molecule has 1 fully saturated rings. The van der Waals surface area contributed by atoms with Gasteiger partial charge in [-0.3, -0.25) is 4.21 Å². The van der Waals surface area contributed by atoms with E-state index in [9.17, 15) is 4.21 Å². The number of nitrogens with one attached hydrogen (secondary N) is 1. The van der Waals surface area contributed by atoms with E-state index in [0.717, 1.165) is 17.2 Å². The van der Waals surface area contributed by atoms with Gasteiger partial charge in [-0.25, -0.2) is 0 Å². The average molecular weight is 243 g/mol. The van der Waals surface area contributed by atoms with Crippen molar-refractivity contribution in [2.75, 3.05) is 6.54 Å². The SMILES string of the molecule is CCNC1CCCC1S(=O)c1cccs1. The van der Waals surface area contributed by atoms with Gasteiger partial charge in [-0.2, -0.15) is 0 Å². The third-order valence-corrected chi connectivity index (χ3v) is 5.98. The number of hydrogen-bond acceptors (Lipinski definition) is 3. The first kappa shape index (κ1) is 11.3. The van der Waals surface area contributed by atoms with Crippen LogP contribution in [0.3, 0.4) is 0 Å². The molecule has 1 aromatic heterocycles. The minimum Gasteiger partial charge on any atom is -0.313 e. The molecule has 0 spiro atoms. The second kappa shape index (κ2) is 5.23. The standard InChI is InChI=1S/C11H17NOS2/c1-2-12-9-5-3-6-10(9)15(13)11-7-4-8-14-11/h4,7-10,12H,2-3,5-6H2,1H3. The monoisotopic (exact) mass is 243 g/mol. The fraction of sp³-hybridized carbons (Fsp3) is 0.636. The van der Waals surface area contributed by atoms with Crippen LogP contribution < -0.4 is 5.32 Å². The zero-order valence-electron chi connectivity index (χ0n) is 8.94. The van der Waals surface area contributed by atoms with Crippen LogP contribution in [0.25, 0.3) is 0 Å². The van der Waals surface area contributed by atoms with Crippen molar-refractivity contribution in [3.63, 3.8) is 0 Å². The maximum absolute atomic E-state index is 12.3. The molecule has 0 radical (unpaired) electrons. The van der Waals surface area contributed by atoms with Crippen LogP contribution in [0.1, 0.15) is 26.2 Å². The van der Waals surface area contributed by atoms with Gasteiger partial charge in [0.05, 0.1) is 20.3 Å². The van der Waals surface area contributed by atoms with Crippen molar-refractivity contribution in [2.45, 2.75) is 41.7 Å². The zero-order valence-corrected chi connectivity index (χ0v) is 10.6. The van der Waals surface area contributed by atoms with Gasteiger partial charge >= 0.3 is 0 Å². The Bertz CT molecular complexity index is 323. The number of rotatable bonds is 4. The Kier molecular flexibility index (Phi) is 3.94. The molecule has 4 heteroatoms. The molecular weight excluding hydrogens is 226 g/mol. The van der Waals surface area contributed by atoms with E-state index in [1.165, 1.54) is 12.8 Å². The van der Waals surface area contributed by atoms with Gasteiger partial charge in [0.1, 0.15) is 0 Å². The van der Waals surface area contributed by atoms with E-state index < -0.39 is 10.8 Å². The highest BCUT2D eigenvalue weighted by molar-refractivity contribution is 7.88. The lowest BCUT2D eigenvalue weighted by atomic mass is 10.2. The molecule has 3 unspecified atom stereocenters. The van der Waals surface area contributed by atoms with Gasteiger partial charge in [0, 0.05) is 6.04 Å². The van der Waals surface area contributed by atoms with E-state index in [4.69, 9.17) is 0 Å². The summed E-state index contributed by atoms with van der Waals surface area (Å²) in [5, 5.41) is 5.78. The van der Waals surface area contributed by atoms with Gasteiger partial charge in [-0.05, 0) is 30.8 Å².